The summed E-state index contributed by atoms with van der Waals surface area (Å²) in [6.45, 7) is 2.52. The lowest BCUT2D eigenvalue weighted by atomic mass is 10.1. The van der Waals surface area contributed by atoms with Gasteiger partial charge in [-0.25, -0.2) is 4.98 Å². The molecule has 6 heteroatoms. The molecule has 3 N–H and O–H groups in total. The molecule has 20 heavy (non-hydrogen) atoms. The van der Waals surface area contributed by atoms with Crippen LogP contribution in [0, 0.1) is 6.92 Å². The molecule has 0 fully saturated rings. The van der Waals surface area contributed by atoms with Gasteiger partial charge >= 0.3 is 0 Å². The first kappa shape index (κ1) is 14.6. The first-order chi connectivity index (χ1) is 9.56. The minimum absolute atomic E-state index is 0.128. The van der Waals surface area contributed by atoms with Crippen LogP contribution in [0.5, 0.6) is 0 Å². The molecule has 0 saturated carbocycles. The maximum absolute atomic E-state index is 12.0. The molecular weight excluding hydrogens is 290 g/mol. The van der Waals surface area contributed by atoms with Gasteiger partial charge in [0.1, 0.15) is 4.99 Å². The Labute approximate surface area is 127 Å². The summed E-state index contributed by atoms with van der Waals surface area (Å²) in [6.07, 6.45) is 0.735. The standard InChI is InChI=1S/C14H15N3OS2/c1-9-8-20-12(17-9)5-6-16-14(18)11-4-2-3-10(7-11)13(15)19/h2-4,7-8H,5-6H2,1H3,(H2,15,19)(H,16,18). The fourth-order valence-electron chi connectivity index (χ4n) is 1.72. The van der Waals surface area contributed by atoms with E-state index in [0.717, 1.165) is 17.1 Å². The quantitative estimate of drug-likeness (QED) is 0.830. The predicted molar refractivity (Wildman–Crippen MR) is 85.2 cm³/mol. The van der Waals surface area contributed by atoms with Gasteiger partial charge in [0.15, 0.2) is 0 Å². The third kappa shape index (κ3) is 3.85. The molecule has 1 heterocycles. The van der Waals surface area contributed by atoms with E-state index in [0.29, 0.717) is 17.7 Å². The molecule has 0 atom stereocenters. The van der Waals surface area contributed by atoms with E-state index in [1.54, 1.807) is 35.6 Å². The molecule has 104 valence electrons. The fraction of sp³-hybridized carbons (Fsp3) is 0.214. The van der Waals surface area contributed by atoms with Crippen LogP contribution in [-0.4, -0.2) is 22.4 Å². The van der Waals surface area contributed by atoms with E-state index in [9.17, 15) is 4.79 Å². The van der Waals surface area contributed by atoms with E-state index in [1.165, 1.54) is 0 Å². The van der Waals surface area contributed by atoms with Gasteiger partial charge in [-0.3, -0.25) is 4.79 Å². The highest BCUT2D eigenvalue weighted by atomic mass is 32.1. The third-order valence-electron chi connectivity index (χ3n) is 2.70. The molecule has 0 bridgehead atoms. The average molecular weight is 305 g/mol. The van der Waals surface area contributed by atoms with Crippen molar-refractivity contribution < 1.29 is 4.79 Å². The van der Waals surface area contributed by atoms with Gasteiger partial charge in [0.05, 0.1) is 5.01 Å². The second kappa shape index (κ2) is 6.58. The molecule has 0 aliphatic carbocycles. The first-order valence-corrected chi connectivity index (χ1v) is 7.44. The van der Waals surface area contributed by atoms with Crippen molar-refractivity contribution in [3.63, 3.8) is 0 Å². The Morgan fingerprint density at radius 2 is 2.20 bits per heavy atom. The molecule has 0 aliphatic rings. The van der Waals surface area contributed by atoms with Gasteiger partial charge in [-0.15, -0.1) is 11.3 Å². The Hall–Kier alpha value is -1.79. The number of aryl methyl sites for hydroxylation is 1. The molecule has 0 radical (unpaired) electrons. The van der Waals surface area contributed by atoms with Gasteiger partial charge in [-0.2, -0.15) is 0 Å². The molecule has 0 saturated heterocycles. The number of rotatable bonds is 5. The first-order valence-electron chi connectivity index (χ1n) is 6.15. The Kier molecular flexibility index (Phi) is 4.81. The Morgan fingerprint density at radius 1 is 1.45 bits per heavy atom. The number of nitrogens with one attached hydrogen (secondary N) is 1. The second-order valence-corrected chi connectivity index (χ2v) is 5.72. The van der Waals surface area contributed by atoms with Crippen molar-refractivity contribution in [2.75, 3.05) is 6.54 Å². The van der Waals surface area contributed by atoms with Gasteiger partial charge in [-0.05, 0) is 19.1 Å². The SMILES string of the molecule is Cc1csc(CCNC(=O)c2cccc(C(N)=S)c2)n1. The number of carbonyl (C=O) groups is 1. The molecule has 1 aromatic heterocycles. The van der Waals surface area contributed by atoms with E-state index >= 15 is 0 Å². The number of nitrogens with zero attached hydrogens (tertiary/aromatic N) is 1. The number of hydrogen-bond acceptors (Lipinski definition) is 4. The number of aromatic nitrogens is 1. The van der Waals surface area contributed by atoms with E-state index in [2.05, 4.69) is 10.3 Å². The lowest BCUT2D eigenvalue weighted by molar-refractivity contribution is 0.0954. The molecule has 1 amide bonds. The molecule has 0 spiro atoms. The zero-order valence-electron chi connectivity index (χ0n) is 11.1. The Balaban J connectivity index is 1.91. The topological polar surface area (TPSA) is 68.0 Å². The van der Waals surface area contributed by atoms with Crippen molar-refractivity contribution in [3.05, 3.63) is 51.5 Å². The highest BCUT2D eigenvalue weighted by Crippen LogP contribution is 2.09. The van der Waals surface area contributed by atoms with Crippen LogP contribution in [0.2, 0.25) is 0 Å². The van der Waals surface area contributed by atoms with E-state index in [1.807, 2.05) is 12.3 Å². The molecular formula is C14H15N3OS2. The summed E-state index contributed by atoms with van der Waals surface area (Å²) in [5.74, 6) is -0.128. The number of hydrogen-bond donors (Lipinski definition) is 2. The van der Waals surface area contributed by atoms with Crippen molar-refractivity contribution in [3.8, 4) is 0 Å². The zero-order valence-corrected chi connectivity index (χ0v) is 12.7. The Bertz CT molecular complexity index is 637. The van der Waals surface area contributed by atoms with Gasteiger partial charge < -0.3 is 11.1 Å². The van der Waals surface area contributed by atoms with Crippen molar-refractivity contribution in [1.82, 2.24) is 10.3 Å². The average Bonchev–Trinajstić information content (AvgIpc) is 2.84. The summed E-state index contributed by atoms with van der Waals surface area (Å²) in [5.41, 5.74) is 7.83. The van der Waals surface area contributed by atoms with Crippen LogP contribution in [0.1, 0.15) is 26.6 Å². The number of nitrogens with two attached hydrogens (primary N) is 1. The van der Waals surface area contributed by atoms with Crippen molar-refractivity contribution in [2.45, 2.75) is 13.3 Å². The summed E-state index contributed by atoms with van der Waals surface area (Å²) < 4.78 is 0. The highest BCUT2D eigenvalue weighted by Gasteiger charge is 2.07. The van der Waals surface area contributed by atoms with Gasteiger partial charge in [0.25, 0.3) is 5.91 Å². The fourth-order valence-corrected chi connectivity index (χ4v) is 2.62. The number of amides is 1. The third-order valence-corrected chi connectivity index (χ3v) is 3.96. The minimum atomic E-state index is -0.128. The molecule has 0 aliphatic heterocycles. The minimum Gasteiger partial charge on any atom is -0.389 e. The van der Waals surface area contributed by atoms with Crippen LogP contribution in [0.15, 0.2) is 29.6 Å². The normalized spacial score (nSPS) is 10.2. The largest absolute Gasteiger partial charge is 0.389 e. The summed E-state index contributed by atoms with van der Waals surface area (Å²) in [4.78, 5) is 16.6. The lowest BCUT2D eigenvalue weighted by Gasteiger charge is -2.05. The number of thiocarbonyl (C=S) groups is 1. The van der Waals surface area contributed by atoms with E-state index in [4.69, 9.17) is 18.0 Å². The lowest BCUT2D eigenvalue weighted by Crippen LogP contribution is -2.26. The van der Waals surface area contributed by atoms with Crippen LogP contribution in [0.25, 0.3) is 0 Å². The summed E-state index contributed by atoms with van der Waals surface area (Å²) >= 11 is 6.51. The van der Waals surface area contributed by atoms with Crippen molar-refractivity contribution >= 4 is 34.5 Å². The number of thiazole rings is 1. The van der Waals surface area contributed by atoms with Gasteiger partial charge in [0, 0.05) is 35.2 Å². The maximum atomic E-state index is 12.0. The second-order valence-electron chi connectivity index (χ2n) is 4.33. The summed E-state index contributed by atoms with van der Waals surface area (Å²) in [5, 5.41) is 5.90. The molecule has 2 rings (SSSR count). The van der Waals surface area contributed by atoms with Crippen LogP contribution in [0.3, 0.4) is 0 Å². The molecule has 4 nitrogen and oxygen atoms in total. The Morgan fingerprint density at radius 3 is 2.85 bits per heavy atom. The maximum Gasteiger partial charge on any atom is 0.251 e. The van der Waals surface area contributed by atoms with E-state index in [-0.39, 0.29) is 10.9 Å². The predicted octanol–water partition coefficient (Wildman–Crippen LogP) is 2.06. The van der Waals surface area contributed by atoms with Crippen molar-refractivity contribution in [1.29, 1.82) is 0 Å². The van der Waals surface area contributed by atoms with Crippen molar-refractivity contribution in [2.24, 2.45) is 5.73 Å². The highest BCUT2D eigenvalue weighted by molar-refractivity contribution is 7.80. The number of benzene rings is 1. The summed E-state index contributed by atoms with van der Waals surface area (Å²) in [6, 6.07) is 7.00. The van der Waals surface area contributed by atoms with Gasteiger partial charge in [-0.1, -0.05) is 24.4 Å². The van der Waals surface area contributed by atoms with E-state index < -0.39 is 0 Å². The van der Waals surface area contributed by atoms with Crippen LogP contribution in [0.4, 0.5) is 0 Å². The summed E-state index contributed by atoms with van der Waals surface area (Å²) in [7, 11) is 0. The van der Waals surface area contributed by atoms with Crippen LogP contribution in [-0.2, 0) is 6.42 Å². The van der Waals surface area contributed by atoms with Crippen LogP contribution >= 0.6 is 23.6 Å². The zero-order chi connectivity index (χ0) is 14.5. The monoisotopic (exact) mass is 305 g/mol. The number of carbonyl (C=O) groups excluding carboxylic acids is 1. The van der Waals surface area contributed by atoms with Crippen LogP contribution < -0.4 is 11.1 Å². The molecule has 1 aromatic carbocycles. The molecule has 2 aromatic rings. The smallest absolute Gasteiger partial charge is 0.251 e. The molecule has 0 unspecified atom stereocenters. The van der Waals surface area contributed by atoms with Gasteiger partial charge in [0.2, 0.25) is 0 Å².